The van der Waals surface area contributed by atoms with Crippen LogP contribution in [-0.2, 0) is 11.3 Å². The van der Waals surface area contributed by atoms with Gasteiger partial charge in [-0.25, -0.2) is 4.79 Å². The van der Waals surface area contributed by atoms with E-state index in [2.05, 4.69) is 34.5 Å². The summed E-state index contributed by atoms with van der Waals surface area (Å²) in [4.78, 5) is 14.1. The second-order valence-electron chi connectivity index (χ2n) is 6.37. The third-order valence-corrected chi connectivity index (χ3v) is 4.95. The Morgan fingerprint density at radius 2 is 2.05 bits per heavy atom. The number of ether oxygens (including phenoxy) is 1. The maximum Gasteiger partial charge on any atom is 0.407 e. The maximum absolute atomic E-state index is 11.6. The SMILES string of the molecule is CNC(=O)OC1CN(Cc2ccccc2)CC12CCCC2. The molecule has 0 aromatic heterocycles. The molecule has 4 nitrogen and oxygen atoms in total. The molecule has 1 aliphatic heterocycles. The van der Waals surface area contributed by atoms with E-state index in [1.807, 2.05) is 6.07 Å². The second-order valence-corrected chi connectivity index (χ2v) is 6.37. The van der Waals surface area contributed by atoms with E-state index in [9.17, 15) is 4.79 Å². The van der Waals surface area contributed by atoms with E-state index in [1.54, 1.807) is 7.05 Å². The quantitative estimate of drug-likeness (QED) is 0.930. The van der Waals surface area contributed by atoms with Gasteiger partial charge in [0.25, 0.3) is 0 Å². The van der Waals surface area contributed by atoms with E-state index in [0.29, 0.717) is 0 Å². The van der Waals surface area contributed by atoms with Crippen LogP contribution in [-0.4, -0.2) is 37.2 Å². The Morgan fingerprint density at radius 1 is 1.33 bits per heavy atom. The van der Waals surface area contributed by atoms with Crippen LogP contribution in [0.3, 0.4) is 0 Å². The first-order valence-electron chi connectivity index (χ1n) is 7.86. The van der Waals surface area contributed by atoms with Crippen molar-refractivity contribution in [2.75, 3.05) is 20.1 Å². The van der Waals surface area contributed by atoms with Crippen molar-refractivity contribution in [2.45, 2.75) is 38.3 Å². The fraction of sp³-hybridized carbons (Fsp3) is 0.588. The summed E-state index contributed by atoms with van der Waals surface area (Å²) in [5.74, 6) is 0. The van der Waals surface area contributed by atoms with Gasteiger partial charge in [0.1, 0.15) is 6.10 Å². The zero-order chi connectivity index (χ0) is 14.7. The molecular formula is C17H24N2O2. The van der Waals surface area contributed by atoms with Gasteiger partial charge in [-0.15, -0.1) is 0 Å². The van der Waals surface area contributed by atoms with Crippen molar-refractivity contribution in [1.82, 2.24) is 10.2 Å². The highest BCUT2D eigenvalue weighted by Crippen LogP contribution is 2.47. The smallest absolute Gasteiger partial charge is 0.407 e. The maximum atomic E-state index is 11.6. The summed E-state index contributed by atoms with van der Waals surface area (Å²) in [5, 5.41) is 2.58. The molecule has 1 aromatic rings. The molecule has 1 saturated carbocycles. The highest BCUT2D eigenvalue weighted by atomic mass is 16.6. The number of benzene rings is 1. The predicted molar refractivity (Wildman–Crippen MR) is 81.9 cm³/mol. The van der Waals surface area contributed by atoms with Gasteiger partial charge in [-0.3, -0.25) is 4.90 Å². The lowest BCUT2D eigenvalue weighted by atomic mass is 9.83. The van der Waals surface area contributed by atoms with Gasteiger partial charge in [-0.1, -0.05) is 43.2 Å². The van der Waals surface area contributed by atoms with Crippen LogP contribution >= 0.6 is 0 Å². The van der Waals surface area contributed by atoms with Gasteiger partial charge >= 0.3 is 6.09 Å². The predicted octanol–water partition coefficient (Wildman–Crippen LogP) is 2.79. The van der Waals surface area contributed by atoms with Gasteiger partial charge < -0.3 is 10.1 Å². The van der Waals surface area contributed by atoms with Crippen molar-refractivity contribution < 1.29 is 9.53 Å². The Morgan fingerprint density at radius 3 is 2.71 bits per heavy atom. The summed E-state index contributed by atoms with van der Waals surface area (Å²) in [5.41, 5.74) is 1.51. The number of hydrogen-bond donors (Lipinski definition) is 1. The zero-order valence-corrected chi connectivity index (χ0v) is 12.7. The normalized spacial score (nSPS) is 24.3. The molecule has 4 heteroatoms. The first-order chi connectivity index (χ1) is 10.2. The minimum atomic E-state index is -0.298. The average Bonchev–Trinajstić information content (AvgIpc) is 3.09. The van der Waals surface area contributed by atoms with Gasteiger partial charge in [0.15, 0.2) is 0 Å². The molecule has 3 rings (SSSR count). The molecule has 1 amide bonds. The Labute approximate surface area is 126 Å². The molecule has 0 bridgehead atoms. The zero-order valence-electron chi connectivity index (χ0n) is 12.7. The number of alkyl carbamates (subject to hydrolysis) is 1. The molecule has 2 aliphatic rings. The Bertz CT molecular complexity index is 483. The van der Waals surface area contributed by atoms with Crippen molar-refractivity contribution in [3.63, 3.8) is 0 Å². The molecule has 1 atom stereocenters. The highest BCUT2D eigenvalue weighted by Gasteiger charge is 2.50. The summed E-state index contributed by atoms with van der Waals surface area (Å²) >= 11 is 0. The Balaban J connectivity index is 1.70. The van der Waals surface area contributed by atoms with E-state index >= 15 is 0 Å². The van der Waals surface area contributed by atoms with Crippen LogP contribution in [0, 0.1) is 5.41 Å². The van der Waals surface area contributed by atoms with Crippen LogP contribution in [0.1, 0.15) is 31.2 Å². The van der Waals surface area contributed by atoms with E-state index in [0.717, 1.165) is 19.6 Å². The molecule has 1 heterocycles. The molecule has 21 heavy (non-hydrogen) atoms. The van der Waals surface area contributed by atoms with Crippen LogP contribution < -0.4 is 5.32 Å². The number of likely N-dealkylation sites (tertiary alicyclic amines) is 1. The lowest BCUT2D eigenvalue weighted by Crippen LogP contribution is -2.37. The Hall–Kier alpha value is -1.55. The average molecular weight is 288 g/mol. The standard InChI is InChI=1S/C17H24N2O2/c1-18-16(20)21-15-12-19(11-14-7-3-2-4-8-14)13-17(15)9-5-6-10-17/h2-4,7-8,15H,5-6,9-13H2,1H3,(H,18,20). The number of nitrogens with zero attached hydrogens (tertiary/aromatic N) is 1. The first-order valence-corrected chi connectivity index (χ1v) is 7.86. The fourth-order valence-corrected chi connectivity index (χ4v) is 3.91. The van der Waals surface area contributed by atoms with Crippen LogP contribution in [0.25, 0.3) is 0 Å². The molecular weight excluding hydrogens is 264 g/mol. The molecule has 1 unspecified atom stereocenters. The first kappa shape index (κ1) is 14.4. The van der Waals surface area contributed by atoms with Crippen molar-refractivity contribution in [2.24, 2.45) is 5.41 Å². The van der Waals surface area contributed by atoms with Crippen molar-refractivity contribution in [1.29, 1.82) is 0 Å². The summed E-state index contributed by atoms with van der Waals surface area (Å²) in [7, 11) is 1.63. The van der Waals surface area contributed by atoms with E-state index < -0.39 is 0 Å². The summed E-state index contributed by atoms with van der Waals surface area (Å²) in [6.45, 7) is 2.84. The number of carbonyl (C=O) groups excluding carboxylic acids is 1. The largest absolute Gasteiger partial charge is 0.444 e. The number of rotatable bonds is 3. The van der Waals surface area contributed by atoms with E-state index in [-0.39, 0.29) is 17.6 Å². The molecule has 0 radical (unpaired) electrons. The molecule has 2 fully saturated rings. The minimum absolute atomic E-state index is 0.0312. The van der Waals surface area contributed by atoms with Crippen LogP contribution in [0.5, 0.6) is 0 Å². The van der Waals surface area contributed by atoms with E-state index in [4.69, 9.17) is 4.74 Å². The number of carbonyl (C=O) groups is 1. The van der Waals surface area contributed by atoms with Crippen molar-refractivity contribution in [3.05, 3.63) is 35.9 Å². The second kappa shape index (κ2) is 6.06. The Kier molecular flexibility index (Phi) is 4.15. The summed E-state index contributed by atoms with van der Waals surface area (Å²) < 4.78 is 5.67. The van der Waals surface area contributed by atoms with Gasteiger partial charge in [0, 0.05) is 32.1 Å². The molecule has 114 valence electrons. The number of amides is 1. The monoisotopic (exact) mass is 288 g/mol. The lowest BCUT2D eigenvalue weighted by molar-refractivity contribution is 0.0415. The molecule has 1 saturated heterocycles. The van der Waals surface area contributed by atoms with Crippen molar-refractivity contribution in [3.8, 4) is 0 Å². The van der Waals surface area contributed by atoms with Gasteiger partial charge in [0.05, 0.1) is 0 Å². The topological polar surface area (TPSA) is 41.6 Å². The molecule has 1 aromatic carbocycles. The van der Waals surface area contributed by atoms with Crippen LogP contribution in [0.15, 0.2) is 30.3 Å². The van der Waals surface area contributed by atoms with Crippen molar-refractivity contribution >= 4 is 6.09 Å². The summed E-state index contributed by atoms with van der Waals surface area (Å²) in [6, 6.07) is 10.5. The lowest BCUT2D eigenvalue weighted by Gasteiger charge is -2.29. The minimum Gasteiger partial charge on any atom is -0.444 e. The van der Waals surface area contributed by atoms with Crippen LogP contribution in [0.4, 0.5) is 4.79 Å². The molecule has 1 N–H and O–H groups in total. The fourth-order valence-electron chi connectivity index (χ4n) is 3.91. The van der Waals surface area contributed by atoms with E-state index in [1.165, 1.54) is 31.2 Å². The third-order valence-electron chi connectivity index (χ3n) is 4.95. The highest BCUT2D eigenvalue weighted by molar-refractivity contribution is 5.67. The number of hydrogen-bond acceptors (Lipinski definition) is 3. The van der Waals surface area contributed by atoms with Gasteiger partial charge in [-0.05, 0) is 18.4 Å². The van der Waals surface area contributed by atoms with Gasteiger partial charge in [0.2, 0.25) is 0 Å². The van der Waals surface area contributed by atoms with Gasteiger partial charge in [-0.2, -0.15) is 0 Å². The number of nitrogens with one attached hydrogen (secondary N) is 1. The molecule has 1 spiro atoms. The molecule has 1 aliphatic carbocycles. The van der Waals surface area contributed by atoms with Crippen LogP contribution in [0.2, 0.25) is 0 Å². The summed E-state index contributed by atoms with van der Waals surface area (Å²) in [6.07, 6.45) is 4.61. The third kappa shape index (κ3) is 3.05.